The van der Waals surface area contributed by atoms with Gasteiger partial charge in [-0.2, -0.15) is 0 Å². The maximum Gasteiger partial charge on any atom is 0.185 e. The summed E-state index contributed by atoms with van der Waals surface area (Å²) >= 11 is 1.70. The second kappa shape index (κ2) is 5.41. The van der Waals surface area contributed by atoms with Gasteiger partial charge in [-0.25, -0.2) is 10.9 Å². The molecule has 2 rings (SSSR count). The van der Waals surface area contributed by atoms with Gasteiger partial charge in [-0.1, -0.05) is 0 Å². The van der Waals surface area contributed by atoms with E-state index >= 15 is 0 Å². The zero-order valence-electron chi connectivity index (χ0n) is 8.52. The Morgan fingerprint density at radius 2 is 2.33 bits per heavy atom. The van der Waals surface area contributed by atoms with Crippen LogP contribution < -0.4 is 10.8 Å². The molecule has 1 aliphatic heterocycles. The summed E-state index contributed by atoms with van der Waals surface area (Å²) in [6.07, 6.45) is 2.73. The highest BCUT2D eigenvalue weighted by Gasteiger charge is 2.14. The van der Waals surface area contributed by atoms with Crippen LogP contribution in [0.3, 0.4) is 0 Å². The number of morpholine rings is 1. The van der Waals surface area contributed by atoms with E-state index in [1.54, 1.807) is 11.3 Å². The summed E-state index contributed by atoms with van der Waals surface area (Å²) in [5.74, 6) is 4.98. The summed E-state index contributed by atoms with van der Waals surface area (Å²) in [4.78, 5) is 12.4. The van der Waals surface area contributed by atoms with Gasteiger partial charge in [-0.15, -0.1) is 11.3 Å². The minimum atomic E-state index is 0.546. The molecule has 0 bridgehead atoms. The predicted octanol–water partition coefficient (Wildman–Crippen LogP) is 0.412. The van der Waals surface area contributed by atoms with E-state index in [2.05, 4.69) is 14.7 Å². The summed E-state index contributed by atoms with van der Waals surface area (Å²) in [5, 5.41) is 1.07. The van der Waals surface area contributed by atoms with E-state index in [1.807, 2.05) is 6.20 Å². The molecule has 0 atom stereocenters. The minimum absolute atomic E-state index is 0.546. The largest absolute Gasteiger partial charge is 0.378 e. The molecule has 0 aliphatic carbocycles. The molecule has 1 aromatic rings. The maximum absolute atomic E-state index is 5.29. The first-order valence-electron chi connectivity index (χ1n) is 4.99. The van der Waals surface area contributed by atoms with Crippen molar-refractivity contribution in [2.24, 2.45) is 5.90 Å². The monoisotopic (exact) mass is 229 g/mol. The van der Waals surface area contributed by atoms with Crippen LogP contribution in [0.5, 0.6) is 0 Å². The number of hydrogen-bond donors (Lipinski definition) is 1. The molecular formula is C9H15N3O2S. The molecule has 15 heavy (non-hydrogen) atoms. The molecule has 2 N–H and O–H groups in total. The molecule has 1 aliphatic rings. The fraction of sp³-hybridized carbons (Fsp3) is 0.667. The molecule has 5 nitrogen and oxygen atoms in total. The number of thiazole rings is 1. The van der Waals surface area contributed by atoms with Gasteiger partial charge in [0.25, 0.3) is 0 Å². The van der Waals surface area contributed by atoms with Gasteiger partial charge in [0.2, 0.25) is 0 Å². The van der Waals surface area contributed by atoms with E-state index in [1.165, 1.54) is 4.88 Å². The summed E-state index contributed by atoms with van der Waals surface area (Å²) in [7, 11) is 0. The molecule has 6 heteroatoms. The highest BCUT2D eigenvalue weighted by atomic mass is 32.1. The Morgan fingerprint density at radius 1 is 1.53 bits per heavy atom. The molecule has 84 valence electrons. The van der Waals surface area contributed by atoms with Crippen molar-refractivity contribution >= 4 is 16.5 Å². The van der Waals surface area contributed by atoms with Gasteiger partial charge in [-0.3, -0.25) is 0 Å². The summed E-state index contributed by atoms with van der Waals surface area (Å²) in [6.45, 7) is 3.99. The fourth-order valence-corrected chi connectivity index (χ4v) is 2.42. The normalized spacial score (nSPS) is 17.0. The summed E-state index contributed by atoms with van der Waals surface area (Å²) < 4.78 is 5.29. The Hall–Kier alpha value is -0.690. The number of hydrogen-bond acceptors (Lipinski definition) is 6. The lowest BCUT2D eigenvalue weighted by Gasteiger charge is -2.25. The van der Waals surface area contributed by atoms with Crippen LogP contribution in [0, 0.1) is 0 Å². The third-order valence-corrected chi connectivity index (χ3v) is 3.41. The smallest absolute Gasteiger partial charge is 0.185 e. The number of ether oxygens (including phenoxy) is 1. The van der Waals surface area contributed by atoms with Crippen LogP contribution >= 0.6 is 11.3 Å². The minimum Gasteiger partial charge on any atom is -0.378 e. The lowest BCUT2D eigenvalue weighted by Crippen LogP contribution is -2.36. The average Bonchev–Trinajstić information content (AvgIpc) is 2.76. The van der Waals surface area contributed by atoms with E-state index in [0.29, 0.717) is 6.61 Å². The van der Waals surface area contributed by atoms with Crippen molar-refractivity contribution in [2.45, 2.75) is 6.42 Å². The van der Waals surface area contributed by atoms with Gasteiger partial charge in [0.1, 0.15) is 0 Å². The molecule has 2 heterocycles. The summed E-state index contributed by atoms with van der Waals surface area (Å²) in [6, 6.07) is 0. The predicted molar refractivity (Wildman–Crippen MR) is 59.0 cm³/mol. The zero-order chi connectivity index (χ0) is 10.5. The molecule has 1 aromatic heterocycles. The molecule has 0 unspecified atom stereocenters. The van der Waals surface area contributed by atoms with Crippen molar-refractivity contribution in [1.82, 2.24) is 4.98 Å². The molecule has 1 fully saturated rings. The van der Waals surface area contributed by atoms with Gasteiger partial charge in [0, 0.05) is 30.6 Å². The number of nitrogens with zero attached hydrogens (tertiary/aromatic N) is 2. The third-order valence-electron chi connectivity index (χ3n) is 2.29. The first kappa shape index (κ1) is 10.8. The van der Waals surface area contributed by atoms with E-state index in [-0.39, 0.29) is 0 Å². The van der Waals surface area contributed by atoms with Crippen molar-refractivity contribution < 1.29 is 9.57 Å². The Morgan fingerprint density at radius 3 is 3.07 bits per heavy atom. The van der Waals surface area contributed by atoms with Gasteiger partial charge in [0.05, 0.1) is 19.8 Å². The van der Waals surface area contributed by atoms with E-state index in [0.717, 1.165) is 37.9 Å². The highest BCUT2D eigenvalue weighted by molar-refractivity contribution is 7.15. The number of rotatable bonds is 4. The van der Waals surface area contributed by atoms with Crippen LogP contribution in [-0.4, -0.2) is 37.9 Å². The van der Waals surface area contributed by atoms with Gasteiger partial charge < -0.3 is 14.5 Å². The second-order valence-corrected chi connectivity index (χ2v) is 4.42. The number of aromatic nitrogens is 1. The molecular weight excluding hydrogens is 214 g/mol. The quantitative estimate of drug-likeness (QED) is 0.758. The molecule has 0 aromatic carbocycles. The Kier molecular flexibility index (Phi) is 3.90. The third kappa shape index (κ3) is 2.88. The van der Waals surface area contributed by atoms with Gasteiger partial charge in [0.15, 0.2) is 5.13 Å². The van der Waals surface area contributed by atoms with Crippen molar-refractivity contribution in [3.8, 4) is 0 Å². The average molecular weight is 229 g/mol. The van der Waals surface area contributed by atoms with Crippen LogP contribution in [0.1, 0.15) is 4.88 Å². The second-order valence-electron chi connectivity index (χ2n) is 3.33. The molecule has 0 spiro atoms. The fourth-order valence-electron chi connectivity index (χ4n) is 1.47. The van der Waals surface area contributed by atoms with E-state index in [9.17, 15) is 0 Å². The first-order valence-corrected chi connectivity index (χ1v) is 5.81. The highest BCUT2D eigenvalue weighted by Crippen LogP contribution is 2.23. The van der Waals surface area contributed by atoms with Crippen molar-refractivity contribution in [2.75, 3.05) is 37.8 Å². The van der Waals surface area contributed by atoms with Crippen molar-refractivity contribution in [1.29, 1.82) is 0 Å². The lowest BCUT2D eigenvalue weighted by atomic mass is 10.4. The zero-order valence-corrected chi connectivity index (χ0v) is 9.33. The number of anilines is 1. The van der Waals surface area contributed by atoms with Crippen molar-refractivity contribution in [3.63, 3.8) is 0 Å². The summed E-state index contributed by atoms with van der Waals surface area (Å²) in [5.41, 5.74) is 0. The van der Waals surface area contributed by atoms with Crippen LogP contribution in [0.15, 0.2) is 6.20 Å². The maximum atomic E-state index is 5.29. The Balaban J connectivity index is 1.93. The standard InChI is InChI=1S/C9H15N3O2S/c10-14-4-1-8-7-11-9(15-8)12-2-5-13-6-3-12/h7H,1-6,10H2. The molecule has 0 radical (unpaired) electrons. The Bertz CT molecular complexity index is 299. The Labute approximate surface area is 92.8 Å². The topological polar surface area (TPSA) is 60.6 Å². The first-order chi connectivity index (χ1) is 7.40. The van der Waals surface area contributed by atoms with Gasteiger partial charge in [-0.05, 0) is 0 Å². The van der Waals surface area contributed by atoms with E-state index < -0.39 is 0 Å². The SMILES string of the molecule is NOCCc1cnc(N2CCOCC2)s1. The molecule has 0 saturated carbocycles. The number of nitrogens with two attached hydrogens (primary N) is 1. The lowest BCUT2D eigenvalue weighted by molar-refractivity contribution is 0.122. The molecule has 0 amide bonds. The van der Waals surface area contributed by atoms with Crippen molar-refractivity contribution in [3.05, 3.63) is 11.1 Å². The van der Waals surface area contributed by atoms with Crippen LogP contribution in [-0.2, 0) is 16.0 Å². The van der Waals surface area contributed by atoms with Crippen LogP contribution in [0.4, 0.5) is 5.13 Å². The van der Waals surface area contributed by atoms with E-state index in [4.69, 9.17) is 10.6 Å². The van der Waals surface area contributed by atoms with Crippen LogP contribution in [0.25, 0.3) is 0 Å². The van der Waals surface area contributed by atoms with Crippen LogP contribution in [0.2, 0.25) is 0 Å². The van der Waals surface area contributed by atoms with Gasteiger partial charge >= 0.3 is 0 Å². The molecule has 1 saturated heterocycles.